The second-order valence-electron chi connectivity index (χ2n) is 5.12. The highest BCUT2D eigenvalue weighted by molar-refractivity contribution is 5.91. The van der Waals surface area contributed by atoms with Gasteiger partial charge in [-0.1, -0.05) is 0 Å². The Morgan fingerprint density at radius 2 is 1.95 bits per heavy atom. The topological polar surface area (TPSA) is 70.6 Å². The maximum atomic E-state index is 13.2. The van der Waals surface area contributed by atoms with Crippen LogP contribution in [0, 0.1) is 5.82 Å². The van der Waals surface area contributed by atoms with Crippen molar-refractivity contribution in [2.45, 2.75) is 44.4 Å². The highest BCUT2D eigenvalue weighted by atomic mass is 19.3. The third kappa shape index (κ3) is 4.80. The number of amides is 2. The van der Waals surface area contributed by atoms with E-state index >= 15 is 0 Å². The van der Waals surface area contributed by atoms with Crippen molar-refractivity contribution in [3.8, 4) is 5.75 Å². The van der Waals surface area contributed by atoms with Gasteiger partial charge in [0, 0.05) is 12.1 Å². The third-order valence-corrected chi connectivity index (χ3v) is 3.44. The number of alkyl halides is 2. The van der Waals surface area contributed by atoms with E-state index in [2.05, 4.69) is 15.4 Å². The first-order valence-corrected chi connectivity index (χ1v) is 6.94. The standard InChI is InChI=1S/C14H17F3N2O3/c15-8-1-6-12(22-13(16)17)11(7-8)19-14(21)18-9-2-4-10(20)5-3-9/h1,6-7,9-10,13,20H,2-5H2,(H2,18,19,21). The van der Waals surface area contributed by atoms with Crippen LogP contribution in [-0.2, 0) is 0 Å². The fourth-order valence-electron chi connectivity index (χ4n) is 2.36. The third-order valence-electron chi connectivity index (χ3n) is 3.44. The van der Waals surface area contributed by atoms with Gasteiger partial charge < -0.3 is 20.5 Å². The number of hydrogen-bond acceptors (Lipinski definition) is 3. The molecule has 122 valence electrons. The summed E-state index contributed by atoms with van der Waals surface area (Å²) in [5, 5.41) is 14.4. The molecule has 5 nitrogen and oxygen atoms in total. The van der Waals surface area contributed by atoms with Crippen molar-refractivity contribution in [1.82, 2.24) is 5.32 Å². The van der Waals surface area contributed by atoms with Crippen LogP contribution in [0.4, 0.5) is 23.7 Å². The number of anilines is 1. The van der Waals surface area contributed by atoms with Crippen LogP contribution in [0.3, 0.4) is 0 Å². The van der Waals surface area contributed by atoms with Crippen molar-refractivity contribution in [3.63, 3.8) is 0 Å². The molecule has 2 amide bonds. The lowest BCUT2D eigenvalue weighted by atomic mass is 9.93. The molecule has 0 saturated heterocycles. The summed E-state index contributed by atoms with van der Waals surface area (Å²) < 4.78 is 42.0. The van der Waals surface area contributed by atoms with E-state index < -0.39 is 18.5 Å². The van der Waals surface area contributed by atoms with Crippen LogP contribution in [0.2, 0.25) is 0 Å². The first-order valence-electron chi connectivity index (χ1n) is 6.94. The Morgan fingerprint density at radius 3 is 2.59 bits per heavy atom. The highest BCUT2D eigenvalue weighted by Gasteiger charge is 2.21. The van der Waals surface area contributed by atoms with E-state index in [0.29, 0.717) is 25.7 Å². The van der Waals surface area contributed by atoms with Crippen molar-refractivity contribution in [2.24, 2.45) is 0 Å². The number of nitrogens with one attached hydrogen (secondary N) is 2. The van der Waals surface area contributed by atoms with E-state index in [-0.39, 0.29) is 23.6 Å². The second-order valence-corrected chi connectivity index (χ2v) is 5.12. The van der Waals surface area contributed by atoms with Gasteiger partial charge >= 0.3 is 12.6 Å². The molecule has 0 heterocycles. The van der Waals surface area contributed by atoms with Crippen molar-refractivity contribution < 1.29 is 27.8 Å². The molecular formula is C14H17F3N2O3. The van der Waals surface area contributed by atoms with E-state index in [1.165, 1.54) is 0 Å². The van der Waals surface area contributed by atoms with Gasteiger partial charge in [0.1, 0.15) is 11.6 Å². The Bertz CT molecular complexity index is 520. The SMILES string of the molecule is O=C(Nc1cc(F)ccc1OC(F)F)NC1CCC(O)CC1. The van der Waals surface area contributed by atoms with Gasteiger partial charge in [-0.2, -0.15) is 8.78 Å². The molecule has 1 aromatic rings. The van der Waals surface area contributed by atoms with Crippen LogP contribution in [0.5, 0.6) is 5.75 Å². The molecule has 0 radical (unpaired) electrons. The molecule has 2 rings (SSSR count). The fourth-order valence-corrected chi connectivity index (χ4v) is 2.36. The van der Waals surface area contributed by atoms with E-state index in [0.717, 1.165) is 18.2 Å². The maximum absolute atomic E-state index is 13.2. The zero-order chi connectivity index (χ0) is 16.1. The van der Waals surface area contributed by atoms with E-state index in [1.807, 2.05) is 0 Å². The lowest BCUT2D eigenvalue weighted by Gasteiger charge is -2.26. The van der Waals surface area contributed by atoms with Crippen LogP contribution in [-0.4, -0.2) is 29.9 Å². The normalized spacial score (nSPS) is 21.5. The molecular weight excluding hydrogens is 301 g/mol. The summed E-state index contributed by atoms with van der Waals surface area (Å²) in [7, 11) is 0. The van der Waals surface area contributed by atoms with E-state index in [1.54, 1.807) is 0 Å². The van der Waals surface area contributed by atoms with Gasteiger partial charge in [-0.3, -0.25) is 0 Å². The average molecular weight is 318 g/mol. The first-order chi connectivity index (χ1) is 10.4. The Morgan fingerprint density at radius 1 is 1.27 bits per heavy atom. The Hall–Kier alpha value is -1.96. The molecule has 22 heavy (non-hydrogen) atoms. The average Bonchev–Trinajstić information content (AvgIpc) is 2.44. The smallest absolute Gasteiger partial charge is 0.387 e. The summed E-state index contributed by atoms with van der Waals surface area (Å²) in [4.78, 5) is 11.9. The molecule has 0 unspecified atom stereocenters. The number of ether oxygens (including phenoxy) is 1. The van der Waals surface area contributed by atoms with Crippen molar-refractivity contribution in [1.29, 1.82) is 0 Å². The van der Waals surface area contributed by atoms with Gasteiger partial charge in [-0.25, -0.2) is 9.18 Å². The van der Waals surface area contributed by atoms with Crippen molar-refractivity contribution in [2.75, 3.05) is 5.32 Å². The largest absolute Gasteiger partial charge is 0.433 e. The van der Waals surface area contributed by atoms with Gasteiger partial charge in [0.05, 0.1) is 11.8 Å². The Balaban J connectivity index is 1.97. The molecule has 1 saturated carbocycles. The number of aliphatic hydroxyl groups excluding tert-OH is 1. The highest BCUT2D eigenvalue weighted by Crippen LogP contribution is 2.27. The predicted molar refractivity (Wildman–Crippen MR) is 73.4 cm³/mol. The molecule has 1 fully saturated rings. The molecule has 1 aromatic carbocycles. The van der Waals surface area contributed by atoms with E-state index in [9.17, 15) is 23.1 Å². The zero-order valence-electron chi connectivity index (χ0n) is 11.7. The Kier molecular flexibility index (Phi) is 5.48. The van der Waals surface area contributed by atoms with Crippen LogP contribution < -0.4 is 15.4 Å². The van der Waals surface area contributed by atoms with Gasteiger partial charge in [-0.05, 0) is 37.8 Å². The van der Waals surface area contributed by atoms with E-state index in [4.69, 9.17) is 0 Å². The Labute approximate surface area is 125 Å². The molecule has 0 atom stereocenters. The van der Waals surface area contributed by atoms with Crippen LogP contribution in [0.15, 0.2) is 18.2 Å². The minimum atomic E-state index is -3.08. The summed E-state index contributed by atoms with van der Waals surface area (Å²) in [6.07, 6.45) is 2.07. The number of aliphatic hydroxyl groups is 1. The fraction of sp³-hybridized carbons (Fsp3) is 0.500. The monoisotopic (exact) mass is 318 g/mol. The van der Waals surface area contributed by atoms with Gasteiger partial charge in [0.15, 0.2) is 0 Å². The minimum absolute atomic E-state index is 0.114. The summed E-state index contributed by atoms with van der Waals surface area (Å²) in [5.41, 5.74) is -0.173. The molecule has 0 spiro atoms. The lowest BCUT2D eigenvalue weighted by molar-refractivity contribution is -0.0494. The second kappa shape index (κ2) is 7.35. The summed E-state index contributed by atoms with van der Waals surface area (Å²) in [5.74, 6) is -0.997. The molecule has 0 aromatic heterocycles. The van der Waals surface area contributed by atoms with Crippen LogP contribution in [0.1, 0.15) is 25.7 Å². The first kappa shape index (κ1) is 16.4. The lowest BCUT2D eigenvalue weighted by Crippen LogP contribution is -2.41. The molecule has 3 N–H and O–H groups in total. The number of carbonyl (C=O) groups is 1. The predicted octanol–water partition coefficient (Wildman–Crippen LogP) is 2.85. The van der Waals surface area contributed by atoms with Crippen molar-refractivity contribution in [3.05, 3.63) is 24.0 Å². The van der Waals surface area contributed by atoms with Crippen LogP contribution >= 0.6 is 0 Å². The molecule has 0 bridgehead atoms. The quantitative estimate of drug-likeness (QED) is 0.799. The van der Waals surface area contributed by atoms with Crippen molar-refractivity contribution >= 4 is 11.7 Å². The summed E-state index contributed by atoms with van der Waals surface area (Å²) in [6.45, 7) is -3.08. The van der Waals surface area contributed by atoms with Gasteiger partial charge in [0.25, 0.3) is 0 Å². The number of benzene rings is 1. The summed E-state index contributed by atoms with van der Waals surface area (Å²) in [6, 6.07) is 2.14. The molecule has 8 heteroatoms. The molecule has 1 aliphatic carbocycles. The number of urea groups is 1. The number of carbonyl (C=O) groups excluding carboxylic acids is 1. The number of hydrogen-bond donors (Lipinski definition) is 3. The molecule has 0 aliphatic heterocycles. The maximum Gasteiger partial charge on any atom is 0.387 e. The van der Waals surface area contributed by atoms with Gasteiger partial charge in [0.2, 0.25) is 0 Å². The van der Waals surface area contributed by atoms with Crippen LogP contribution in [0.25, 0.3) is 0 Å². The number of rotatable bonds is 4. The summed E-state index contributed by atoms with van der Waals surface area (Å²) >= 11 is 0. The zero-order valence-corrected chi connectivity index (χ0v) is 11.7. The van der Waals surface area contributed by atoms with Gasteiger partial charge in [-0.15, -0.1) is 0 Å². The minimum Gasteiger partial charge on any atom is -0.433 e. The molecule has 1 aliphatic rings. The number of halogens is 3.